The largest absolute Gasteiger partial charge is 0.456 e. The van der Waals surface area contributed by atoms with Gasteiger partial charge in [0.25, 0.3) is 10.0 Å². The molecule has 0 amide bonds. The van der Waals surface area contributed by atoms with E-state index in [1.165, 1.54) is 6.08 Å². The fourth-order valence-electron chi connectivity index (χ4n) is 3.05. The maximum Gasteiger partial charge on any atom is 0.255 e. The monoisotopic (exact) mass is 472 g/mol. The van der Waals surface area contributed by atoms with Gasteiger partial charge in [-0.15, -0.1) is 0 Å². The Morgan fingerprint density at radius 3 is 2.31 bits per heavy atom. The fraction of sp³-hybridized carbons (Fsp3) is 0. The summed E-state index contributed by atoms with van der Waals surface area (Å²) < 4.78 is 69.3. The topological polar surface area (TPSA) is 119 Å². The van der Waals surface area contributed by atoms with E-state index in [1.54, 1.807) is 24.3 Å². The van der Waals surface area contributed by atoms with Crippen molar-refractivity contribution in [1.82, 2.24) is 0 Å². The van der Waals surface area contributed by atoms with E-state index in [0.29, 0.717) is 17.4 Å². The lowest BCUT2D eigenvalue weighted by Crippen LogP contribution is -2.17. The highest BCUT2D eigenvalue weighted by atomic mass is 32.2. The Morgan fingerprint density at radius 2 is 1.62 bits per heavy atom. The molecule has 0 aliphatic heterocycles. The summed E-state index contributed by atoms with van der Waals surface area (Å²) in [5, 5.41) is 6.89. The molecule has 0 radical (unpaired) electrons. The zero-order chi connectivity index (χ0) is 22.9. The van der Waals surface area contributed by atoms with Gasteiger partial charge in [0.2, 0.25) is 10.0 Å². The molecule has 0 atom stereocenters. The van der Waals surface area contributed by atoms with E-state index >= 15 is 0 Å². The standard InChI is InChI=1S/C22H17FN2O5S2/c23-18-9-10-19(22(14-18)32(24,28)29)25-31(26,27)12-11-15-5-7-16(8-6-15)21-13-17-3-1-2-4-20(17)30-21/h1-14,25H,(H2,24,28,29). The van der Waals surface area contributed by atoms with Crippen LogP contribution in [0, 0.1) is 5.82 Å². The van der Waals surface area contributed by atoms with Crippen molar-refractivity contribution in [3.63, 3.8) is 0 Å². The van der Waals surface area contributed by atoms with E-state index < -0.39 is 30.8 Å². The number of hydrogen-bond acceptors (Lipinski definition) is 5. The number of sulfonamides is 2. The van der Waals surface area contributed by atoms with Crippen molar-refractivity contribution in [3.8, 4) is 11.3 Å². The van der Waals surface area contributed by atoms with Crippen LogP contribution >= 0.6 is 0 Å². The summed E-state index contributed by atoms with van der Waals surface area (Å²) in [5.41, 5.74) is 1.83. The van der Waals surface area contributed by atoms with Crippen LogP contribution in [0.3, 0.4) is 0 Å². The molecule has 3 aromatic carbocycles. The summed E-state index contributed by atoms with van der Waals surface area (Å²) in [6.07, 6.45) is 1.34. The summed E-state index contributed by atoms with van der Waals surface area (Å²) in [5.74, 6) is -0.181. The highest BCUT2D eigenvalue weighted by Crippen LogP contribution is 2.28. The zero-order valence-electron chi connectivity index (χ0n) is 16.4. The third-order valence-electron chi connectivity index (χ3n) is 4.56. The number of para-hydroxylation sites is 1. The van der Waals surface area contributed by atoms with E-state index in [1.807, 2.05) is 30.3 Å². The summed E-state index contributed by atoms with van der Waals surface area (Å²) in [4.78, 5) is -0.662. The van der Waals surface area contributed by atoms with Crippen LogP contribution in [-0.2, 0) is 20.0 Å². The minimum atomic E-state index is -4.34. The SMILES string of the molecule is NS(=O)(=O)c1cc(F)ccc1NS(=O)(=O)C=Cc1ccc(-c2cc3ccccc3o2)cc1. The molecule has 7 nitrogen and oxygen atoms in total. The second-order valence-electron chi connectivity index (χ2n) is 6.91. The molecule has 4 rings (SSSR count). The third-order valence-corrected chi connectivity index (χ3v) is 6.51. The summed E-state index contributed by atoms with van der Waals surface area (Å²) in [6, 6.07) is 19.1. The molecular weight excluding hydrogens is 455 g/mol. The van der Waals surface area contributed by atoms with Crippen molar-refractivity contribution in [2.24, 2.45) is 5.14 Å². The van der Waals surface area contributed by atoms with Gasteiger partial charge in [0.1, 0.15) is 22.1 Å². The van der Waals surface area contributed by atoms with Gasteiger partial charge in [0, 0.05) is 10.9 Å². The first-order valence-electron chi connectivity index (χ1n) is 9.23. The van der Waals surface area contributed by atoms with Crippen LogP contribution in [0.15, 0.2) is 87.5 Å². The van der Waals surface area contributed by atoms with Gasteiger partial charge in [0.15, 0.2) is 0 Å². The van der Waals surface area contributed by atoms with Crippen LogP contribution in [-0.4, -0.2) is 16.8 Å². The van der Waals surface area contributed by atoms with E-state index in [-0.39, 0.29) is 5.69 Å². The quantitative estimate of drug-likeness (QED) is 0.434. The minimum Gasteiger partial charge on any atom is -0.456 e. The van der Waals surface area contributed by atoms with E-state index in [0.717, 1.165) is 34.1 Å². The highest BCUT2D eigenvalue weighted by Gasteiger charge is 2.18. The maximum absolute atomic E-state index is 13.4. The lowest BCUT2D eigenvalue weighted by Gasteiger charge is -2.09. The molecular formula is C22H17FN2O5S2. The van der Waals surface area contributed by atoms with Crippen LogP contribution in [0.2, 0.25) is 0 Å². The number of nitrogens with one attached hydrogen (secondary N) is 1. The van der Waals surface area contributed by atoms with Gasteiger partial charge in [-0.05, 0) is 42.0 Å². The molecule has 0 bridgehead atoms. The van der Waals surface area contributed by atoms with Gasteiger partial charge in [-0.3, -0.25) is 4.72 Å². The number of fused-ring (bicyclic) bond motifs is 1. The van der Waals surface area contributed by atoms with Gasteiger partial charge in [-0.1, -0.05) is 42.5 Å². The lowest BCUT2D eigenvalue weighted by atomic mass is 10.1. The van der Waals surface area contributed by atoms with Crippen molar-refractivity contribution >= 4 is 42.8 Å². The Morgan fingerprint density at radius 1 is 0.906 bits per heavy atom. The molecule has 32 heavy (non-hydrogen) atoms. The van der Waals surface area contributed by atoms with E-state index in [9.17, 15) is 21.2 Å². The van der Waals surface area contributed by atoms with Crippen molar-refractivity contribution in [3.05, 3.63) is 89.6 Å². The number of primary sulfonamides is 1. The molecule has 0 saturated heterocycles. The second kappa shape index (κ2) is 8.23. The Labute approximate surface area is 184 Å². The molecule has 3 N–H and O–H groups in total. The van der Waals surface area contributed by atoms with Crippen LogP contribution in [0.4, 0.5) is 10.1 Å². The average Bonchev–Trinajstić information content (AvgIpc) is 3.17. The average molecular weight is 473 g/mol. The van der Waals surface area contributed by atoms with Crippen LogP contribution < -0.4 is 9.86 Å². The smallest absolute Gasteiger partial charge is 0.255 e. The highest BCUT2D eigenvalue weighted by molar-refractivity contribution is 7.95. The lowest BCUT2D eigenvalue weighted by molar-refractivity contribution is 0.593. The van der Waals surface area contributed by atoms with Crippen molar-refractivity contribution in [1.29, 1.82) is 0 Å². The molecule has 0 unspecified atom stereocenters. The first kappa shape index (κ1) is 21.8. The Hall–Kier alpha value is -3.47. The number of hydrogen-bond donors (Lipinski definition) is 2. The second-order valence-corrected chi connectivity index (χ2v) is 10.0. The van der Waals surface area contributed by atoms with Crippen LogP contribution in [0.5, 0.6) is 0 Å². The molecule has 0 aliphatic rings. The molecule has 1 heterocycles. The van der Waals surface area contributed by atoms with Gasteiger partial charge in [0.05, 0.1) is 11.1 Å². The molecule has 0 spiro atoms. The summed E-state index contributed by atoms with van der Waals surface area (Å²) in [7, 11) is -8.44. The fourth-order valence-corrected chi connectivity index (χ4v) is 4.71. The summed E-state index contributed by atoms with van der Waals surface area (Å²) in [6.45, 7) is 0. The van der Waals surface area contributed by atoms with Gasteiger partial charge in [-0.25, -0.2) is 26.4 Å². The first-order valence-corrected chi connectivity index (χ1v) is 12.3. The van der Waals surface area contributed by atoms with Crippen LogP contribution in [0.25, 0.3) is 28.4 Å². The third kappa shape index (κ3) is 4.88. The van der Waals surface area contributed by atoms with Gasteiger partial charge < -0.3 is 4.42 Å². The van der Waals surface area contributed by atoms with Gasteiger partial charge in [-0.2, -0.15) is 0 Å². The molecule has 1 aromatic heterocycles. The van der Waals surface area contributed by atoms with Gasteiger partial charge >= 0.3 is 0 Å². The van der Waals surface area contributed by atoms with E-state index in [4.69, 9.17) is 9.56 Å². The Kier molecular flexibility index (Phi) is 5.59. The van der Waals surface area contributed by atoms with Crippen molar-refractivity contribution in [2.45, 2.75) is 4.90 Å². The molecule has 10 heteroatoms. The maximum atomic E-state index is 13.4. The molecule has 4 aromatic rings. The molecule has 0 aliphatic carbocycles. The number of nitrogens with two attached hydrogens (primary N) is 1. The summed E-state index contributed by atoms with van der Waals surface area (Å²) >= 11 is 0. The molecule has 0 saturated carbocycles. The Balaban J connectivity index is 1.54. The normalized spacial score (nSPS) is 12.4. The predicted molar refractivity (Wildman–Crippen MR) is 121 cm³/mol. The van der Waals surface area contributed by atoms with Crippen molar-refractivity contribution < 1.29 is 25.6 Å². The number of benzene rings is 3. The van der Waals surface area contributed by atoms with E-state index in [2.05, 4.69) is 4.72 Å². The minimum absolute atomic E-state index is 0.348. The van der Waals surface area contributed by atoms with Crippen LogP contribution in [0.1, 0.15) is 5.56 Å². The Bertz CT molecular complexity index is 1510. The number of rotatable bonds is 6. The molecule has 164 valence electrons. The number of furan rings is 1. The number of anilines is 1. The first-order chi connectivity index (χ1) is 15.1. The zero-order valence-corrected chi connectivity index (χ0v) is 18.0. The van der Waals surface area contributed by atoms with Crippen molar-refractivity contribution in [2.75, 3.05) is 4.72 Å². The predicted octanol–water partition coefficient (Wildman–Crippen LogP) is 4.30. The molecule has 0 fully saturated rings. The number of halogens is 1.